The summed E-state index contributed by atoms with van der Waals surface area (Å²) in [6.07, 6.45) is 1.06. The molecule has 1 amide bonds. The Balaban J connectivity index is 1.73. The topological polar surface area (TPSA) is 58.2 Å². The molecule has 2 atom stereocenters. The van der Waals surface area contributed by atoms with Gasteiger partial charge in [0, 0.05) is 10.6 Å². The standard InChI is InChI=1S/C22H25ClN2O2/c1-14(26)19(12-15-8-10-17(23)11-9-15)24-21(27)20-13-16-6-4-5-7-18(16)22(2,3)25-20/h4-11,19-20,25H,12-13H2,1-3H3,(H,24,27)/t19-,20?/m1/s1. The predicted molar refractivity (Wildman–Crippen MR) is 108 cm³/mol. The molecule has 0 saturated carbocycles. The summed E-state index contributed by atoms with van der Waals surface area (Å²) in [5.41, 5.74) is 3.03. The molecule has 1 heterocycles. The SMILES string of the molecule is CC(=O)[C@@H](Cc1ccc(Cl)cc1)NC(=O)C1Cc2ccccc2C(C)(C)N1. The fourth-order valence-electron chi connectivity index (χ4n) is 3.68. The highest BCUT2D eigenvalue weighted by Gasteiger charge is 2.35. The Kier molecular flexibility index (Phi) is 5.68. The van der Waals surface area contributed by atoms with E-state index < -0.39 is 6.04 Å². The van der Waals surface area contributed by atoms with Crippen molar-refractivity contribution in [2.75, 3.05) is 0 Å². The number of halogens is 1. The molecule has 0 aromatic heterocycles. The van der Waals surface area contributed by atoms with Crippen LogP contribution in [0.15, 0.2) is 48.5 Å². The molecule has 27 heavy (non-hydrogen) atoms. The average molecular weight is 385 g/mol. The van der Waals surface area contributed by atoms with Crippen LogP contribution in [0.1, 0.15) is 37.5 Å². The Morgan fingerprint density at radius 2 is 1.85 bits per heavy atom. The lowest BCUT2D eigenvalue weighted by Gasteiger charge is -2.38. The first-order valence-corrected chi connectivity index (χ1v) is 9.55. The van der Waals surface area contributed by atoms with Crippen molar-refractivity contribution in [3.8, 4) is 0 Å². The van der Waals surface area contributed by atoms with E-state index in [9.17, 15) is 9.59 Å². The molecule has 0 spiro atoms. The van der Waals surface area contributed by atoms with E-state index in [2.05, 4.69) is 36.6 Å². The number of rotatable bonds is 5. The van der Waals surface area contributed by atoms with Crippen LogP contribution in [0.4, 0.5) is 0 Å². The summed E-state index contributed by atoms with van der Waals surface area (Å²) in [7, 11) is 0. The second-order valence-electron chi connectivity index (χ2n) is 7.69. The van der Waals surface area contributed by atoms with E-state index in [1.165, 1.54) is 18.1 Å². The van der Waals surface area contributed by atoms with Gasteiger partial charge in [-0.1, -0.05) is 48.0 Å². The molecule has 142 valence electrons. The molecule has 1 unspecified atom stereocenters. The molecule has 2 aromatic rings. The van der Waals surface area contributed by atoms with E-state index in [1.54, 1.807) is 12.1 Å². The first-order valence-electron chi connectivity index (χ1n) is 9.17. The average Bonchev–Trinajstić information content (AvgIpc) is 2.62. The fourth-order valence-corrected chi connectivity index (χ4v) is 3.80. The number of ketones is 1. The second kappa shape index (κ2) is 7.83. The summed E-state index contributed by atoms with van der Waals surface area (Å²) in [5, 5.41) is 7.01. The Bertz CT molecular complexity index is 846. The van der Waals surface area contributed by atoms with Crippen molar-refractivity contribution in [3.05, 3.63) is 70.2 Å². The summed E-state index contributed by atoms with van der Waals surface area (Å²) in [6, 6.07) is 14.6. The van der Waals surface area contributed by atoms with Crippen LogP contribution < -0.4 is 10.6 Å². The third-order valence-corrected chi connectivity index (χ3v) is 5.38. The number of benzene rings is 2. The minimum Gasteiger partial charge on any atom is -0.345 e. The normalized spacial score (nSPS) is 19.0. The summed E-state index contributed by atoms with van der Waals surface area (Å²) >= 11 is 5.92. The molecule has 4 nitrogen and oxygen atoms in total. The smallest absolute Gasteiger partial charge is 0.238 e. The Hall–Kier alpha value is -2.17. The molecule has 1 aliphatic rings. The lowest BCUT2D eigenvalue weighted by atomic mass is 9.82. The highest BCUT2D eigenvalue weighted by molar-refractivity contribution is 6.30. The molecular weight excluding hydrogens is 360 g/mol. The minimum atomic E-state index is -0.555. The van der Waals surface area contributed by atoms with Crippen molar-refractivity contribution >= 4 is 23.3 Å². The van der Waals surface area contributed by atoms with Gasteiger partial charge in [-0.25, -0.2) is 0 Å². The van der Waals surface area contributed by atoms with Crippen LogP contribution in [0.5, 0.6) is 0 Å². The van der Waals surface area contributed by atoms with Gasteiger partial charge in [-0.2, -0.15) is 0 Å². The van der Waals surface area contributed by atoms with Gasteiger partial charge in [0.05, 0.1) is 12.1 Å². The molecule has 0 aliphatic carbocycles. The van der Waals surface area contributed by atoms with Gasteiger partial charge in [-0.05, 0) is 62.4 Å². The Morgan fingerprint density at radius 1 is 1.19 bits per heavy atom. The summed E-state index contributed by atoms with van der Waals surface area (Å²) < 4.78 is 0. The summed E-state index contributed by atoms with van der Waals surface area (Å²) in [5.74, 6) is -0.208. The van der Waals surface area contributed by atoms with E-state index in [1.807, 2.05) is 24.3 Å². The van der Waals surface area contributed by atoms with Crippen LogP contribution in [-0.2, 0) is 28.0 Å². The van der Waals surface area contributed by atoms with Crippen LogP contribution in [0, 0.1) is 0 Å². The van der Waals surface area contributed by atoms with E-state index in [0.29, 0.717) is 17.9 Å². The van der Waals surface area contributed by atoms with Crippen LogP contribution in [0.25, 0.3) is 0 Å². The number of carbonyl (C=O) groups is 2. The number of Topliss-reactive ketones (excluding diaryl/α,β-unsaturated/α-hetero) is 1. The van der Waals surface area contributed by atoms with Crippen molar-refractivity contribution in [1.29, 1.82) is 0 Å². The molecule has 3 rings (SSSR count). The predicted octanol–water partition coefficient (Wildman–Crippen LogP) is 3.41. The number of hydrogen-bond donors (Lipinski definition) is 2. The summed E-state index contributed by atoms with van der Waals surface area (Å²) in [6.45, 7) is 5.65. The number of fused-ring (bicyclic) bond motifs is 1. The Morgan fingerprint density at radius 3 is 2.52 bits per heavy atom. The van der Waals surface area contributed by atoms with Crippen molar-refractivity contribution in [3.63, 3.8) is 0 Å². The minimum absolute atomic E-state index is 0.0613. The van der Waals surface area contributed by atoms with E-state index >= 15 is 0 Å². The zero-order chi connectivity index (χ0) is 19.6. The summed E-state index contributed by atoms with van der Waals surface area (Å²) in [4.78, 5) is 25.0. The molecule has 0 fully saturated rings. The molecule has 0 bridgehead atoms. The second-order valence-corrected chi connectivity index (χ2v) is 8.12. The fraction of sp³-hybridized carbons (Fsp3) is 0.364. The Labute approximate surface area is 165 Å². The molecule has 0 radical (unpaired) electrons. The van der Waals surface area contributed by atoms with Gasteiger partial charge in [0.2, 0.25) is 5.91 Å². The monoisotopic (exact) mass is 384 g/mol. The largest absolute Gasteiger partial charge is 0.345 e. The number of nitrogens with one attached hydrogen (secondary N) is 2. The van der Waals surface area contributed by atoms with Gasteiger partial charge in [0.15, 0.2) is 5.78 Å². The van der Waals surface area contributed by atoms with E-state index in [-0.39, 0.29) is 23.3 Å². The van der Waals surface area contributed by atoms with Gasteiger partial charge < -0.3 is 5.32 Å². The van der Waals surface area contributed by atoms with E-state index in [0.717, 1.165) is 5.56 Å². The first-order chi connectivity index (χ1) is 12.8. The van der Waals surface area contributed by atoms with Crippen LogP contribution >= 0.6 is 11.6 Å². The number of amides is 1. The quantitative estimate of drug-likeness (QED) is 0.830. The first kappa shape index (κ1) is 19.6. The maximum atomic E-state index is 12.9. The van der Waals surface area contributed by atoms with Gasteiger partial charge in [-0.15, -0.1) is 0 Å². The van der Waals surface area contributed by atoms with Crippen molar-refractivity contribution in [2.45, 2.75) is 51.2 Å². The van der Waals surface area contributed by atoms with Gasteiger partial charge in [0.25, 0.3) is 0 Å². The third kappa shape index (κ3) is 4.57. The zero-order valence-corrected chi connectivity index (χ0v) is 16.6. The van der Waals surface area contributed by atoms with Crippen LogP contribution in [-0.4, -0.2) is 23.8 Å². The van der Waals surface area contributed by atoms with E-state index in [4.69, 9.17) is 11.6 Å². The lowest BCUT2D eigenvalue weighted by Crippen LogP contribution is -2.58. The van der Waals surface area contributed by atoms with Gasteiger partial charge >= 0.3 is 0 Å². The lowest BCUT2D eigenvalue weighted by molar-refractivity contribution is -0.128. The maximum Gasteiger partial charge on any atom is 0.238 e. The molecule has 5 heteroatoms. The molecule has 1 aliphatic heterocycles. The molecular formula is C22H25ClN2O2. The maximum absolute atomic E-state index is 12.9. The molecule has 2 aromatic carbocycles. The number of hydrogen-bond acceptors (Lipinski definition) is 3. The van der Waals surface area contributed by atoms with Gasteiger partial charge in [0.1, 0.15) is 0 Å². The zero-order valence-electron chi connectivity index (χ0n) is 15.9. The third-order valence-electron chi connectivity index (χ3n) is 5.13. The van der Waals surface area contributed by atoms with Crippen molar-refractivity contribution < 1.29 is 9.59 Å². The number of carbonyl (C=O) groups excluding carboxylic acids is 2. The highest BCUT2D eigenvalue weighted by Crippen LogP contribution is 2.30. The highest BCUT2D eigenvalue weighted by atomic mass is 35.5. The molecule has 2 N–H and O–H groups in total. The van der Waals surface area contributed by atoms with Crippen molar-refractivity contribution in [1.82, 2.24) is 10.6 Å². The van der Waals surface area contributed by atoms with Crippen molar-refractivity contribution in [2.24, 2.45) is 0 Å². The molecule has 0 saturated heterocycles. The van der Waals surface area contributed by atoms with Crippen LogP contribution in [0.2, 0.25) is 5.02 Å². The van der Waals surface area contributed by atoms with Crippen LogP contribution in [0.3, 0.4) is 0 Å². The van der Waals surface area contributed by atoms with Gasteiger partial charge in [-0.3, -0.25) is 14.9 Å².